The molecule has 0 spiro atoms. The van der Waals surface area contributed by atoms with Gasteiger partial charge in [0.05, 0.1) is 16.8 Å². The van der Waals surface area contributed by atoms with Crippen LogP contribution in [0.25, 0.3) is 0 Å². The standard InChI is InChI=1S/C15H25N3O2S/c1-2-11(19)7-9-16-15(20)17-10-8-14-18-12-5-3-4-6-13(12)21-14/h11,19H,2-10H2,1H3,(H2,16,17,20). The quantitative estimate of drug-likeness (QED) is 0.721. The molecule has 118 valence electrons. The van der Waals surface area contributed by atoms with Crippen LogP contribution in [0.1, 0.15) is 48.2 Å². The molecule has 1 heterocycles. The number of nitrogens with zero attached hydrogens (tertiary/aromatic N) is 1. The van der Waals surface area contributed by atoms with Crippen molar-refractivity contribution in [3.63, 3.8) is 0 Å². The largest absolute Gasteiger partial charge is 0.393 e. The van der Waals surface area contributed by atoms with Crippen LogP contribution in [0, 0.1) is 0 Å². The first-order valence-electron chi connectivity index (χ1n) is 7.86. The van der Waals surface area contributed by atoms with Crippen molar-refractivity contribution < 1.29 is 9.90 Å². The maximum Gasteiger partial charge on any atom is 0.314 e. The Hall–Kier alpha value is -1.14. The SMILES string of the molecule is CCC(O)CCNC(=O)NCCc1nc2c(s1)CCCC2. The summed E-state index contributed by atoms with van der Waals surface area (Å²) in [6.45, 7) is 3.04. The minimum atomic E-state index is -0.327. The lowest BCUT2D eigenvalue weighted by atomic mass is 10.0. The molecule has 6 heteroatoms. The number of hydrogen-bond acceptors (Lipinski definition) is 4. The molecule has 0 bridgehead atoms. The lowest BCUT2D eigenvalue weighted by molar-refractivity contribution is 0.160. The predicted octanol–water partition coefficient (Wildman–Crippen LogP) is 2.02. The van der Waals surface area contributed by atoms with Crippen LogP contribution in [0.3, 0.4) is 0 Å². The fourth-order valence-electron chi connectivity index (χ4n) is 2.41. The molecule has 2 amide bonds. The Kier molecular flexibility index (Phi) is 6.45. The summed E-state index contributed by atoms with van der Waals surface area (Å²) < 4.78 is 0. The van der Waals surface area contributed by atoms with Crippen molar-refractivity contribution >= 4 is 17.4 Å². The van der Waals surface area contributed by atoms with E-state index in [1.165, 1.54) is 29.8 Å². The van der Waals surface area contributed by atoms with E-state index in [0.29, 0.717) is 19.5 Å². The van der Waals surface area contributed by atoms with Crippen molar-refractivity contribution in [3.8, 4) is 0 Å². The molecule has 0 aliphatic heterocycles. The van der Waals surface area contributed by atoms with E-state index in [2.05, 4.69) is 15.6 Å². The second-order valence-corrected chi connectivity index (χ2v) is 6.64. The lowest BCUT2D eigenvalue weighted by Gasteiger charge is -2.09. The van der Waals surface area contributed by atoms with E-state index < -0.39 is 0 Å². The first kappa shape index (κ1) is 16.2. The van der Waals surface area contributed by atoms with Gasteiger partial charge in [0.25, 0.3) is 0 Å². The zero-order chi connectivity index (χ0) is 15.1. The third-order valence-corrected chi connectivity index (χ3v) is 4.97. The number of aromatic nitrogens is 1. The van der Waals surface area contributed by atoms with Crippen LogP contribution in [-0.4, -0.2) is 35.3 Å². The second kappa shape index (κ2) is 8.34. The summed E-state index contributed by atoms with van der Waals surface area (Å²) in [6.07, 6.45) is 6.59. The monoisotopic (exact) mass is 311 g/mol. The van der Waals surface area contributed by atoms with Gasteiger partial charge in [-0.25, -0.2) is 9.78 Å². The zero-order valence-electron chi connectivity index (χ0n) is 12.7. The summed E-state index contributed by atoms with van der Waals surface area (Å²) in [5.74, 6) is 0. The van der Waals surface area contributed by atoms with Gasteiger partial charge in [-0.15, -0.1) is 11.3 Å². The molecule has 1 aliphatic carbocycles. The van der Waals surface area contributed by atoms with Crippen LogP contribution >= 0.6 is 11.3 Å². The Bertz CT molecular complexity index is 438. The Morgan fingerprint density at radius 3 is 2.86 bits per heavy atom. The summed E-state index contributed by atoms with van der Waals surface area (Å²) in [5, 5.41) is 16.1. The molecule has 0 aromatic carbocycles. The highest BCUT2D eigenvalue weighted by Crippen LogP contribution is 2.26. The maximum atomic E-state index is 11.6. The number of hydrogen-bond donors (Lipinski definition) is 3. The molecule has 0 saturated heterocycles. The molecule has 5 nitrogen and oxygen atoms in total. The Labute approximate surface area is 130 Å². The highest BCUT2D eigenvalue weighted by atomic mass is 32.1. The fraction of sp³-hybridized carbons (Fsp3) is 0.733. The summed E-state index contributed by atoms with van der Waals surface area (Å²) in [5.41, 5.74) is 1.28. The molecule has 1 atom stereocenters. The number of aliphatic hydroxyl groups is 1. The molecule has 1 aliphatic rings. The van der Waals surface area contributed by atoms with Gasteiger partial charge in [0, 0.05) is 24.4 Å². The summed E-state index contributed by atoms with van der Waals surface area (Å²) >= 11 is 1.80. The van der Waals surface area contributed by atoms with E-state index in [9.17, 15) is 9.90 Å². The fourth-order valence-corrected chi connectivity index (χ4v) is 3.57. The van der Waals surface area contributed by atoms with Gasteiger partial charge in [-0.1, -0.05) is 6.92 Å². The molecule has 0 radical (unpaired) electrons. The van der Waals surface area contributed by atoms with Gasteiger partial charge in [0.1, 0.15) is 0 Å². The van der Waals surface area contributed by atoms with E-state index in [-0.39, 0.29) is 12.1 Å². The highest BCUT2D eigenvalue weighted by Gasteiger charge is 2.14. The topological polar surface area (TPSA) is 74.2 Å². The van der Waals surface area contributed by atoms with Crippen LogP contribution in [-0.2, 0) is 19.3 Å². The average molecular weight is 311 g/mol. The molecule has 3 N–H and O–H groups in total. The number of carbonyl (C=O) groups is 1. The van der Waals surface area contributed by atoms with Crippen molar-refractivity contribution in [1.29, 1.82) is 0 Å². The van der Waals surface area contributed by atoms with Crippen LogP contribution in [0.4, 0.5) is 4.79 Å². The van der Waals surface area contributed by atoms with E-state index in [0.717, 1.165) is 24.3 Å². The van der Waals surface area contributed by atoms with Crippen molar-refractivity contribution in [1.82, 2.24) is 15.6 Å². The summed E-state index contributed by atoms with van der Waals surface area (Å²) in [6, 6.07) is -0.167. The van der Waals surface area contributed by atoms with Crippen LogP contribution in [0.2, 0.25) is 0 Å². The van der Waals surface area contributed by atoms with E-state index in [1.807, 2.05) is 6.92 Å². The Balaban J connectivity index is 1.62. The van der Waals surface area contributed by atoms with E-state index in [4.69, 9.17) is 0 Å². The number of thiazole rings is 1. The first-order chi connectivity index (χ1) is 10.2. The van der Waals surface area contributed by atoms with Gasteiger partial charge in [-0.3, -0.25) is 0 Å². The molecule has 0 saturated carbocycles. The molecule has 1 aromatic rings. The number of fused-ring (bicyclic) bond motifs is 1. The van der Waals surface area contributed by atoms with E-state index in [1.54, 1.807) is 11.3 Å². The van der Waals surface area contributed by atoms with Crippen molar-refractivity contribution in [2.24, 2.45) is 0 Å². The summed E-state index contributed by atoms with van der Waals surface area (Å²) in [7, 11) is 0. The van der Waals surface area contributed by atoms with Crippen molar-refractivity contribution in [2.45, 2.75) is 58.0 Å². The molecule has 21 heavy (non-hydrogen) atoms. The second-order valence-electron chi connectivity index (χ2n) is 5.47. The predicted molar refractivity (Wildman–Crippen MR) is 84.8 cm³/mol. The molecular weight excluding hydrogens is 286 g/mol. The Morgan fingerprint density at radius 1 is 1.33 bits per heavy atom. The minimum Gasteiger partial charge on any atom is -0.393 e. The third-order valence-electron chi connectivity index (χ3n) is 3.75. The van der Waals surface area contributed by atoms with Gasteiger partial charge >= 0.3 is 6.03 Å². The molecule has 0 fully saturated rings. The minimum absolute atomic E-state index is 0.167. The van der Waals surface area contributed by atoms with Crippen molar-refractivity contribution in [3.05, 3.63) is 15.6 Å². The van der Waals surface area contributed by atoms with Crippen LogP contribution in [0.5, 0.6) is 0 Å². The molecule has 1 unspecified atom stereocenters. The normalized spacial score (nSPS) is 15.3. The van der Waals surface area contributed by atoms with Gasteiger partial charge in [-0.2, -0.15) is 0 Å². The van der Waals surface area contributed by atoms with Gasteiger partial charge in [0.2, 0.25) is 0 Å². The number of carbonyl (C=O) groups excluding carboxylic acids is 1. The van der Waals surface area contributed by atoms with Gasteiger partial charge in [-0.05, 0) is 38.5 Å². The molecule has 2 rings (SSSR count). The summed E-state index contributed by atoms with van der Waals surface area (Å²) in [4.78, 5) is 17.7. The van der Waals surface area contributed by atoms with Crippen LogP contribution < -0.4 is 10.6 Å². The third kappa shape index (κ3) is 5.28. The number of rotatable bonds is 7. The highest BCUT2D eigenvalue weighted by molar-refractivity contribution is 7.11. The van der Waals surface area contributed by atoms with Gasteiger partial charge < -0.3 is 15.7 Å². The number of amides is 2. The smallest absolute Gasteiger partial charge is 0.314 e. The molecule has 1 aromatic heterocycles. The first-order valence-corrected chi connectivity index (χ1v) is 8.68. The van der Waals surface area contributed by atoms with Crippen LogP contribution in [0.15, 0.2) is 0 Å². The number of nitrogens with one attached hydrogen (secondary N) is 2. The maximum absolute atomic E-state index is 11.6. The van der Waals surface area contributed by atoms with Gasteiger partial charge in [0.15, 0.2) is 0 Å². The van der Waals surface area contributed by atoms with Crippen molar-refractivity contribution in [2.75, 3.05) is 13.1 Å². The Morgan fingerprint density at radius 2 is 2.10 bits per heavy atom. The average Bonchev–Trinajstić information content (AvgIpc) is 2.89. The molecular formula is C15H25N3O2S. The zero-order valence-corrected chi connectivity index (χ0v) is 13.5. The van der Waals surface area contributed by atoms with E-state index >= 15 is 0 Å². The number of aryl methyl sites for hydroxylation is 2. The lowest BCUT2D eigenvalue weighted by Crippen LogP contribution is -2.37. The number of aliphatic hydroxyl groups excluding tert-OH is 1. The number of urea groups is 1.